The maximum absolute atomic E-state index is 11.1. The van der Waals surface area contributed by atoms with Crippen LogP contribution in [0.3, 0.4) is 0 Å². The minimum atomic E-state index is -0.0717. The molecule has 0 spiro atoms. The summed E-state index contributed by atoms with van der Waals surface area (Å²) in [7, 11) is 0. The van der Waals surface area contributed by atoms with E-state index in [0.717, 1.165) is 16.9 Å². The molecule has 4 heteroatoms. The Balaban J connectivity index is 2.12. The minimum Gasteiger partial charge on any atom is -0.378 e. The summed E-state index contributed by atoms with van der Waals surface area (Å²) in [6.45, 7) is 3.56. The maximum Gasteiger partial charge on any atom is 0.221 e. The zero-order valence-electron chi connectivity index (χ0n) is 11.5. The molecule has 0 bridgehead atoms. The van der Waals surface area contributed by atoms with Crippen molar-refractivity contribution in [2.45, 2.75) is 19.9 Å². The molecule has 0 heterocycles. The Kier molecular flexibility index (Phi) is 4.64. The van der Waals surface area contributed by atoms with Gasteiger partial charge in [-0.3, -0.25) is 4.79 Å². The topological polar surface area (TPSA) is 41.1 Å². The molecule has 0 saturated carbocycles. The van der Waals surface area contributed by atoms with Gasteiger partial charge in [0.2, 0.25) is 5.91 Å². The number of halogens is 1. The van der Waals surface area contributed by atoms with Crippen LogP contribution < -0.4 is 10.6 Å². The van der Waals surface area contributed by atoms with Crippen molar-refractivity contribution in [3.63, 3.8) is 0 Å². The number of benzene rings is 2. The Morgan fingerprint density at radius 1 is 1.10 bits per heavy atom. The molecule has 2 aromatic rings. The highest BCUT2D eigenvalue weighted by Gasteiger charge is 2.06. The normalized spacial score (nSPS) is 11.8. The molecule has 0 aromatic heterocycles. The van der Waals surface area contributed by atoms with Gasteiger partial charge in [0.15, 0.2) is 0 Å². The summed E-state index contributed by atoms with van der Waals surface area (Å²) in [4.78, 5) is 11.1. The monoisotopic (exact) mass is 288 g/mol. The Hall–Kier alpha value is -2.00. The average Bonchev–Trinajstić information content (AvgIpc) is 2.38. The summed E-state index contributed by atoms with van der Waals surface area (Å²) in [6.07, 6.45) is 0. The summed E-state index contributed by atoms with van der Waals surface area (Å²) in [5.41, 5.74) is 2.86. The van der Waals surface area contributed by atoms with E-state index in [2.05, 4.69) is 17.6 Å². The van der Waals surface area contributed by atoms with Gasteiger partial charge in [-0.05, 0) is 42.8 Å². The highest BCUT2D eigenvalue weighted by molar-refractivity contribution is 6.30. The molecule has 1 amide bonds. The van der Waals surface area contributed by atoms with Gasteiger partial charge in [-0.25, -0.2) is 0 Å². The largest absolute Gasteiger partial charge is 0.378 e. The van der Waals surface area contributed by atoms with E-state index in [9.17, 15) is 4.79 Å². The van der Waals surface area contributed by atoms with Crippen LogP contribution in [0.1, 0.15) is 25.5 Å². The predicted octanol–water partition coefficient (Wildman–Crippen LogP) is 4.47. The maximum atomic E-state index is 11.1. The number of hydrogen-bond acceptors (Lipinski definition) is 2. The zero-order valence-corrected chi connectivity index (χ0v) is 12.2. The lowest BCUT2D eigenvalue weighted by atomic mass is 10.1. The molecule has 104 valence electrons. The Morgan fingerprint density at radius 2 is 1.80 bits per heavy atom. The molecule has 2 N–H and O–H groups in total. The van der Waals surface area contributed by atoms with Crippen LogP contribution >= 0.6 is 11.6 Å². The molecular formula is C16H17ClN2O. The fraction of sp³-hybridized carbons (Fsp3) is 0.188. The van der Waals surface area contributed by atoms with Gasteiger partial charge in [0, 0.05) is 29.4 Å². The van der Waals surface area contributed by atoms with Crippen LogP contribution in [0.4, 0.5) is 11.4 Å². The molecule has 0 saturated heterocycles. The third-order valence-corrected chi connectivity index (χ3v) is 3.15. The van der Waals surface area contributed by atoms with Crippen LogP contribution in [-0.4, -0.2) is 5.91 Å². The Bertz CT molecular complexity index is 613. The van der Waals surface area contributed by atoms with Crippen LogP contribution in [-0.2, 0) is 4.79 Å². The van der Waals surface area contributed by atoms with Gasteiger partial charge in [-0.15, -0.1) is 0 Å². The summed E-state index contributed by atoms with van der Waals surface area (Å²) < 4.78 is 0. The molecule has 0 aliphatic rings. The number of nitrogens with one attached hydrogen (secondary N) is 2. The smallest absolute Gasteiger partial charge is 0.221 e. The van der Waals surface area contributed by atoms with Crippen molar-refractivity contribution in [1.82, 2.24) is 0 Å². The minimum absolute atomic E-state index is 0.0717. The molecule has 2 rings (SSSR count). The summed E-state index contributed by atoms with van der Waals surface area (Å²) in [6, 6.07) is 15.5. The van der Waals surface area contributed by atoms with Gasteiger partial charge < -0.3 is 10.6 Å². The summed E-state index contributed by atoms with van der Waals surface area (Å²) in [5, 5.41) is 6.87. The molecule has 0 radical (unpaired) electrons. The van der Waals surface area contributed by atoms with Crippen LogP contribution in [0.2, 0.25) is 5.02 Å². The van der Waals surface area contributed by atoms with E-state index >= 15 is 0 Å². The first kappa shape index (κ1) is 14.4. The number of rotatable bonds is 4. The van der Waals surface area contributed by atoms with E-state index in [0.29, 0.717) is 5.02 Å². The molecule has 0 aliphatic heterocycles. The molecule has 0 fully saturated rings. The van der Waals surface area contributed by atoms with Gasteiger partial charge in [0.1, 0.15) is 0 Å². The number of carbonyl (C=O) groups excluding carboxylic acids is 1. The SMILES string of the molecule is CC(=O)Nc1cccc(C(C)Nc2cccc(Cl)c2)c1. The number of amides is 1. The van der Waals surface area contributed by atoms with Crippen molar-refractivity contribution in [3.8, 4) is 0 Å². The molecule has 20 heavy (non-hydrogen) atoms. The molecular weight excluding hydrogens is 272 g/mol. The van der Waals surface area contributed by atoms with Crippen molar-refractivity contribution in [2.24, 2.45) is 0 Å². The second-order valence-corrected chi connectivity index (χ2v) is 5.12. The predicted molar refractivity (Wildman–Crippen MR) is 84.2 cm³/mol. The van der Waals surface area contributed by atoms with Gasteiger partial charge >= 0.3 is 0 Å². The van der Waals surface area contributed by atoms with Crippen LogP contribution in [0.25, 0.3) is 0 Å². The standard InChI is InChI=1S/C16H17ClN2O/c1-11(18-16-8-4-6-14(17)10-16)13-5-3-7-15(9-13)19-12(2)20/h3-11,18H,1-2H3,(H,19,20). The number of carbonyl (C=O) groups is 1. The van der Waals surface area contributed by atoms with E-state index < -0.39 is 0 Å². The Labute approximate surface area is 124 Å². The van der Waals surface area contributed by atoms with E-state index in [1.807, 2.05) is 48.5 Å². The zero-order chi connectivity index (χ0) is 14.5. The van der Waals surface area contributed by atoms with Gasteiger partial charge in [-0.2, -0.15) is 0 Å². The van der Waals surface area contributed by atoms with Gasteiger partial charge in [-0.1, -0.05) is 29.8 Å². The lowest BCUT2D eigenvalue weighted by Crippen LogP contribution is -2.09. The van der Waals surface area contributed by atoms with Crippen LogP contribution in [0.5, 0.6) is 0 Å². The molecule has 2 aromatic carbocycles. The summed E-state index contributed by atoms with van der Waals surface area (Å²) >= 11 is 5.97. The molecule has 1 atom stereocenters. The Morgan fingerprint density at radius 3 is 2.50 bits per heavy atom. The van der Waals surface area contributed by atoms with Crippen molar-refractivity contribution in [2.75, 3.05) is 10.6 Å². The van der Waals surface area contributed by atoms with Crippen molar-refractivity contribution in [1.29, 1.82) is 0 Å². The third-order valence-electron chi connectivity index (χ3n) is 2.91. The third kappa shape index (κ3) is 4.00. The quantitative estimate of drug-likeness (QED) is 0.871. The molecule has 3 nitrogen and oxygen atoms in total. The molecule has 1 unspecified atom stereocenters. The fourth-order valence-electron chi connectivity index (χ4n) is 2.00. The van der Waals surface area contributed by atoms with Crippen molar-refractivity contribution < 1.29 is 4.79 Å². The van der Waals surface area contributed by atoms with Gasteiger partial charge in [0.25, 0.3) is 0 Å². The fourth-order valence-corrected chi connectivity index (χ4v) is 2.19. The highest BCUT2D eigenvalue weighted by Crippen LogP contribution is 2.23. The first-order chi connectivity index (χ1) is 9.54. The lowest BCUT2D eigenvalue weighted by Gasteiger charge is -2.17. The lowest BCUT2D eigenvalue weighted by molar-refractivity contribution is -0.114. The van der Waals surface area contributed by atoms with Crippen LogP contribution in [0.15, 0.2) is 48.5 Å². The number of anilines is 2. The number of hydrogen-bond donors (Lipinski definition) is 2. The first-order valence-electron chi connectivity index (χ1n) is 6.44. The van der Waals surface area contributed by atoms with E-state index in [4.69, 9.17) is 11.6 Å². The second-order valence-electron chi connectivity index (χ2n) is 4.68. The summed E-state index contributed by atoms with van der Waals surface area (Å²) in [5.74, 6) is -0.0717. The second kappa shape index (κ2) is 6.44. The molecule has 0 aliphatic carbocycles. The average molecular weight is 289 g/mol. The van der Waals surface area contributed by atoms with Gasteiger partial charge in [0.05, 0.1) is 0 Å². The van der Waals surface area contributed by atoms with Crippen molar-refractivity contribution >= 4 is 28.9 Å². The van der Waals surface area contributed by atoms with Crippen molar-refractivity contribution in [3.05, 3.63) is 59.1 Å². The van der Waals surface area contributed by atoms with E-state index in [-0.39, 0.29) is 11.9 Å². The van der Waals surface area contributed by atoms with Crippen LogP contribution in [0, 0.1) is 0 Å². The van der Waals surface area contributed by atoms with E-state index in [1.54, 1.807) is 0 Å². The highest BCUT2D eigenvalue weighted by atomic mass is 35.5. The first-order valence-corrected chi connectivity index (χ1v) is 6.82. The van der Waals surface area contributed by atoms with E-state index in [1.165, 1.54) is 6.92 Å².